The molecule has 7 nitrogen and oxygen atoms in total. The number of halogens is 2. The SMILES string of the molecule is CC1=C(NC(Cc2ccccc2NC(=O)c2c(Cl)cncc2Cl)C(=O)O)C(C)(C)C1=O. The molecular formula is C22H21Cl2N3O4. The number of benzene rings is 1. The van der Waals surface area contributed by atoms with Gasteiger partial charge in [0.2, 0.25) is 0 Å². The third kappa shape index (κ3) is 4.43. The first-order valence-corrected chi connectivity index (χ1v) is 10.2. The standard InChI is InChI=1S/C22H21Cl2N3O4/c1-11-18(22(2,3)19(11)28)26-16(21(30)31)8-12-6-4-5-7-15(12)27-20(29)17-13(23)9-25-10-14(17)24/h4-7,9-10,16,26H,8H2,1-3H3,(H,27,29)(H,30,31). The lowest BCUT2D eigenvalue weighted by molar-refractivity contribution is -0.139. The molecular weight excluding hydrogens is 441 g/mol. The molecule has 1 heterocycles. The van der Waals surface area contributed by atoms with E-state index in [9.17, 15) is 19.5 Å². The van der Waals surface area contributed by atoms with Crippen molar-refractivity contribution in [3.63, 3.8) is 0 Å². The number of Topliss-reactive ketones (excluding diaryl/α,β-unsaturated/α-hetero) is 1. The Bertz CT molecular complexity index is 1090. The molecule has 1 amide bonds. The summed E-state index contributed by atoms with van der Waals surface area (Å²) in [7, 11) is 0. The summed E-state index contributed by atoms with van der Waals surface area (Å²) < 4.78 is 0. The number of amides is 1. The van der Waals surface area contributed by atoms with Crippen LogP contribution in [0.4, 0.5) is 5.69 Å². The van der Waals surface area contributed by atoms with Gasteiger partial charge in [-0.25, -0.2) is 4.79 Å². The number of carbonyl (C=O) groups is 3. The van der Waals surface area contributed by atoms with E-state index < -0.39 is 23.3 Å². The van der Waals surface area contributed by atoms with Crippen LogP contribution in [0.15, 0.2) is 47.9 Å². The average molecular weight is 462 g/mol. The molecule has 0 saturated heterocycles. The molecule has 3 N–H and O–H groups in total. The van der Waals surface area contributed by atoms with E-state index >= 15 is 0 Å². The van der Waals surface area contributed by atoms with E-state index in [0.717, 1.165) is 0 Å². The molecule has 31 heavy (non-hydrogen) atoms. The Balaban J connectivity index is 1.85. The number of ketones is 1. The minimum atomic E-state index is -1.07. The molecule has 0 fully saturated rings. The van der Waals surface area contributed by atoms with Gasteiger partial charge in [-0.2, -0.15) is 0 Å². The van der Waals surface area contributed by atoms with Crippen LogP contribution in [0.25, 0.3) is 0 Å². The number of rotatable bonds is 7. The van der Waals surface area contributed by atoms with E-state index in [-0.39, 0.29) is 27.8 Å². The monoisotopic (exact) mass is 461 g/mol. The molecule has 0 bridgehead atoms. The number of pyridine rings is 1. The minimum absolute atomic E-state index is 0.0158. The molecule has 0 aliphatic heterocycles. The number of hydrogen-bond donors (Lipinski definition) is 3. The van der Waals surface area contributed by atoms with E-state index in [4.69, 9.17) is 23.2 Å². The molecule has 9 heteroatoms. The highest BCUT2D eigenvalue weighted by Gasteiger charge is 2.45. The summed E-state index contributed by atoms with van der Waals surface area (Å²) in [5.41, 5.74) is 1.50. The summed E-state index contributed by atoms with van der Waals surface area (Å²) in [5, 5.41) is 15.7. The maximum absolute atomic E-state index is 12.7. The number of allylic oxidation sites excluding steroid dienone is 2. The molecule has 1 aromatic heterocycles. The summed E-state index contributed by atoms with van der Waals surface area (Å²) in [5.74, 6) is -1.62. The maximum Gasteiger partial charge on any atom is 0.326 e. The van der Waals surface area contributed by atoms with Crippen LogP contribution in [0.2, 0.25) is 10.0 Å². The number of nitrogens with zero attached hydrogens (tertiary/aromatic N) is 1. The van der Waals surface area contributed by atoms with Crippen LogP contribution < -0.4 is 10.6 Å². The average Bonchev–Trinajstić information content (AvgIpc) is 2.71. The number of nitrogens with one attached hydrogen (secondary N) is 2. The first kappa shape index (κ1) is 22.8. The molecule has 0 saturated carbocycles. The first-order valence-electron chi connectivity index (χ1n) is 9.47. The van der Waals surface area contributed by atoms with Crippen molar-refractivity contribution in [3.05, 3.63) is 69.1 Å². The van der Waals surface area contributed by atoms with Crippen LogP contribution in [0.5, 0.6) is 0 Å². The molecule has 1 atom stereocenters. The highest BCUT2D eigenvalue weighted by molar-refractivity contribution is 6.40. The number of carboxylic acids is 1. The predicted molar refractivity (Wildman–Crippen MR) is 118 cm³/mol. The van der Waals surface area contributed by atoms with Crippen LogP contribution in [0.3, 0.4) is 0 Å². The summed E-state index contributed by atoms with van der Waals surface area (Å²) in [4.78, 5) is 40.5. The second-order valence-corrected chi connectivity index (χ2v) is 8.60. The maximum atomic E-state index is 12.7. The number of aromatic nitrogens is 1. The van der Waals surface area contributed by atoms with Gasteiger partial charge in [-0.15, -0.1) is 0 Å². The Hall–Kier alpha value is -2.90. The van der Waals surface area contributed by atoms with Gasteiger partial charge >= 0.3 is 5.97 Å². The van der Waals surface area contributed by atoms with Crippen LogP contribution in [0.1, 0.15) is 36.7 Å². The fourth-order valence-electron chi connectivity index (χ4n) is 3.62. The van der Waals surface area contributed by atoms with Crippen molar-refractivity contribution in [1.29, 1.82) is 0 Å². The van der Waals surface area contributed by atoms with Crippen molar-refractivity contribution >= 4 is 46.5 Å². The Morgan fingerprint density at radius 1 is 1.16 bits per heavy atom. The van der Waals surface area contributed by atoms with Crippen molar-refractivity contribution in [1.82, 2.24) is 10.3 Å². The third-order valence-electron chi connectivity index (χ3n) is 5.29. The molecule has 1 aromatic carbocycles. The van der Waals surface area contributed by atoms with Crippen molar-refractivity contribution in [2.45, 2.75) is 33.2 Å². The number of carboxylic acid groups (broad SMARTS) is 1. The molecule has 162 valence electrons. The van der Waals surface area contributed by atoms with Gasteiger partial charge in [0.05, 0.1) is 21.0 Å². The van der Waals surface area contributed by atoms with Gasteiger partial charge in [0.25, 0.3) is 5.91 Å². The molecule has 3 rings (SSSR count). The number of anilines is 1. The highest BCUT2D eigenvalue weighted by atomic mass is 35.5. The van der Waals surface area contributed by atoms with E-state index in [1.807, 2.05) is 0 Å². The summed E-state index contributed by atoms with van der Waals surface area (Å²) in [6.45, 7) is 5.17. The van der Waals surface area contributed by atoms with Crippen LogP contribution in [0, 0.1) is 5.41 Å². The van der Waals surface area contributed by atoms with Gasteiger partial charge in [0.15, 0.2) is 5.78 Å². The third-order valence-corrected chi connectivity index (χ3v) is 5.87. The normalized spacial score (nSPS) is 15.8. The van der Waals surface area contributed by atoms with Crippen molar-refractivity contribution in [2.24, 2.45) is 5.41 Å². The zero-order valence-electron chi connectivity index (χ0n) is 17.1. The fraction of sp³-hybridized carbons (Fsp3) is 0.273. The molecule has 0 spiro atoms. The van der Waals surface area contributed by atoms with Gasteiger partial charge in [-0.05, 0) is 32.4 Å². The molecule has 1 aliphatic carbocycles. The van der Waals surface area contributed by atoms with Crippen molar-refractivity contribution in [3.8, 4) is 0 Å². The zero-order chi connectivity index (χ0) is 22.9. The Kier molecular flexibility index (Phi) is 6.38. The quantitative estimate of drug-likeness (QED) is 0.572. The second-order valence-electron chi connectivity index (χ2n) is 7.78. The van der Waals surface area contributed by atoms with Gasteiger partial charge in [0.1, 0.15) is 6.04 Å². The van der Waals surface area contributed by atoms with Crippen LogP contribution >= 0.6 is 23.2 Å². The second kappa shape index (κ2) is 8.69. The topological polar surface area (TPSA) is 108 Å². The molecule has 1 unspecified atom stereocenters. The van der Waals surface area contributed by atoms with Gasteiger partial charge < -0.3 is 15.7 Å². The Morgan fingerprint density at radius 3 is 2.35 bits per heavy atom. The molecule has 2 aromatic rings. The van der Waals surface area contributed by atoms with E-state index in [1.165, 1.54) is 12.4 Å². The lowest BCUT2D eigenvalue weighted by atomic mass is 9.69. The lowest BCUT2D eigenvalue weighted by Gasteiger charge is -2.39. The molecule has 1 aliphatic rings. The predicted octanol–water partition coefficient (Wildman–Crippen LogP) is 4.11. The van der Waals surface area contributed by atoms with Crippen molar-refractivity contribution in [2.75, 3.05) is 5.32 Å². The zero-order valence-corrected chi connectivity index (χ0v) is 18.6. The Morgan fingerprint density at radius 2 is 1.77 bits per heavy atom. The van der Waals surface area contributed by atoms with Crippen LogP contribution in [-0.4, -0.2) is 33.8 Å². The summed E-state index contributed by atoms with van der Waals surface area (Å²) in [6.07, 6.45) is 2.71. The Labute approximate surface area is 189 Å². The number of aliphatic carboxylic acids is 1. The van der Waals surface area contributed by atoms with Gasteiger partial charge in [-0.1, -0.05) is 41.4 Å². The molecule has 0 radical (unpaired) electrons. The highest BCUT2D eigenvalue weighted by Crippen LogP contribution is 2.40. The number of carbonyl (C=O) groups excluding carboxylic acids is 2. The van der Waals surface area contributed by atoms with E-state index in [2.05, 4.69) is 15.6 Å². The van der Waals surface area contributed by atoms with E-state index in [0.29, 0.717) is 22.5 Å². The minimum Gasteiger partial charge on any atom is -0.480 e. The first-order chi connectivity index (χ1) is 14.5. The van der Waals surface area contributed by atoms with Crippen LogP contribution in [-0.2, 0) is 16.0 Å². The van der Waals surface area contributed by atoms with E-state index in [1.54, 1.807) is 45.0 Å². The fourth-order valence-corrected chi connectivity index (χ4v) is 4.15. The largest absolute Gasteiger partial charge is 0.480 e. The summed E-state index contributed by atoms with van der Waals surface area (Å²) in [6, 6.07) is 5.86. The van der Waals surface area contributed by atoms with Gasteiger partial charge in [0, 0.05) is 35.8 Å². The number of hydrogen-bond acceptors (Lipinski definition) is 5. The van der Waals surface area contributed by atoms with Gasteiger partial charge in [-0.3, -0.25) is 14.6 Å². The van der Waals surface area contributed by atoms with Crippen molar-refractivity contribution < 1.29 is 19.5 Å². The summed E-state index contributed by atoms with van der Waals surface area (Å²) >= 11 is 12.1. The smallest absolute Gasteiger partial charge is 0.326 e. The number of para-hydroxylation sites is 1. The lowest BCUT2D eigenvalue weighted by Crippen LogP contribution is -2.50.